The van der Waals surface area contributed by atoms with E-state index in [0.29, 0.717) is 5.92 Å². The van der Waals surface area contributed by atoms with Crippen LogP contribution in [0.25, 0.3) is 0 Å². The second-order valence-electron chi connectivity index (χ2n) is 9.42. The number of carbonyl (C=O) groups is 5. The average molecular weight is 546 g/mol. The minimum atomic E-state index is -2.33. The number of aliphatic carboxylic acids is 3. The molecule has 0 aliphatic carbocycles. The molecule has 2 aromatic carbocycles. The molecule has 0 aliphatic rings. The Kier molecular flexibility index (Phi) is 13.3. The highest BCUT2D eigenvalue weighted by Gasteiger charge is 2.36. The van der Waals surface area contributed by atoms with Crippen LogP contribution in [0.5, 0.6) is 0 Å². The summed E-state index contributed by atoms with van der Waals surface area (Å²) in [7, 11) is 0. The fourth-order valence-corrected chi connectivity index (χ4v) is 3.44. The maximum absolute atomic E-state index is 12.2. The quantitative estimate of drug-likeness (QED) is 0.327. The van der Waals surface area contributed by atoms with Gasteiger partial charge in [-0.15, -0.1) is 0 Å². The van der Waals surface area contributed by atoms with E-state index >= 15 is 0 Å². The van der Waals surface area contributed by atoms with Crippen LogP contribution in [0, 0.1) is 25.7 Å². The SMILES string of the molecule is CC(C)CC(C[NH3+])CC(=O)O.Cc1ccc(C(=O)O[C@H](C(=O)[O-])[C@H](OC(=O)c2ccc(C)cc2)C(=O)O)cc1. The summed E-state index contributed by atoms with van der Waals surface area (Å²) in [5, 5.41) is 29.2. The molecule has 0 saturated carbocycles. The summed E-state index contributed by atoms with van der Waals surface area (Å²) in [6.45, 7) is 8.50. The normalized spacial score (nSPS) is 12.8. The van der Waals surface area contributed by atoms with E-state index in [2.05, 4.69) is 19.6 Å². The molecule has 39 heavy (non-hydrogen) atoms. The van der Waals surface area contributed by atoms with Gasteiger partial charge in [0.1, 0.15) is 0 Å². The standard InChI is InChI=1S/C20H18O8.C8H17NO2/c1-11-3-7-13(8-4-11)19(25)27-15(17(21)22)16(18(23)24)28-20(26)14-9-5-12(2)6-10-14;1-6(2)3-7(5-9)4-8(10)11/h3-10,15-16H,1-2H3,(H,21,22)(H,23,24);6-7H,3-5,9H2,1-2H3,(H,10,11)/t15-,16-;/m0./s1. The van der Waals surface area contributed by atoms with Crippen LogP contribution in [0.2, 0.25) is 0 Å². The van der Waals surface area contributed by atoms with E-state index in [-0.39, 0.29) is 23.5 Å². The first-order valence-corrected chi connectivity index (χ1v) is 12.2. The highest BCUT2D eigenvalue weighted by molar-refractivity contribution is 5.95. The molecule has 0 heterocycles. The van der Waals surface area contributed by atoms with Gasteiger partial charge < -0.3 is 35.3 Å². The molecule has 11 heteroatoms. The van der Waals surface area contributed by atoms with Gasteiger partial charge in [-0.2, -0.15) is 0 Å². The number of hydrogen-bond donors (Lipinski definition) is 3. The Labute approximate surface area is 226 Å². The molecule has 0 amide bonds. The number of rotatable bonds is 12. The fourth-order valence-electron chi connectivity index (χ4n) is 3.44. The lowest BCUT2D eigenvalue weighted by Gasteiger charge is -2.24. The van der Waals surface area contributed by atoms with Crippen molar-refractivity contribution in [3.8, 4) is 0 Å². The molecule has 0 saturated heterocycles. The third kappa shape index (κ3) is 11.8. The Morgan fingerprint density at radius 3 is 1.51 bits per heavy atom. The lowest BCUT2D eigenvalue weighted by molar-refractivity contribution is -0.379. The molecule has 0 radical (unpaired) electrons. The van der Waals surface area contributed by atoms with Gasteiger partial charge in [0.15, 0.2) is 6.10 Å². The molecule has 212 valence electrons. The fraction of sp³-hybridized carbons (Fsp3) is 0.393. The number of benzene rings is 2. The molecule has 3 atom stereocenters. The highest BCUT2D eigenvalue weighted by atomic mass is 16.6. The topological polar surface area (TPSA) is 195 Å². The van der Waals surface area contributed by atoms with Crippen molar-refractivity contribution in [2.45, 2.75) is 52.7 Å². The molecule has 2 aromatic rings. The van der Waals surface area contributed by atoms with Gasteiger partial charge in [0, 0.05) is 5.92 Å². The van der Waals surface area contributed by atoms with Gasteiger partial charge in [-0.05, 0) is 50.5 Å². The number of carbonyl (C=O) groups excluding carboxylic acids is 3. The van der Waals surface area contributed by atoms with Crippen LogP contribution in [-0.2, 0) is 23.9 Å². The first kappa shape index (κ1) is 32.8. The molecule has 11 nitrogen and oxygen atoms in total. The van der Waals surface area contributed by atoms with Gasteiger partial charge >= 0.3 is 23.9 Å². The predicted molar refractivity (Wildman–Crippen MR) is 136 cm³/mol. The molecular formula is C28H35NO10. The van der Waals surface area contributed by atoms with Gasteiger partial charge in [0.05, 0.1) is 30.1 Å². The average Bonchev–Trinajstić information content (AvgIpc) is 2.85. The first-order chi connectivity index (χ1) is 18.2. The van der Waals surface area contributed by atoms with Crippen LogP contribution in [0.4, 0.5) is 0 Å². The van der Waals surface area contributed by atoms with Gasteiger partial charge in [-0.1, -0.05) is 49.2 Å². The number of aryl methyl sites for hydroxylation is 2. The molecule has 5 N–H and O–H groups in total. The van der Waals surface area contributed by atoms with Gasteiger partial charge in [0.25, 0.3) is 0 Å². The Morgan fingerprint density at radius 1 is 0.795 bits per heavy atom. The maximum atomic E-state index is 12.2. The number of ether oxygens (including phenoxy) is 2. The lowest BCUT2D eigenvalue weighted by Crippen LogP contribution is -2.54. The van der Waals surface area contributed by atoms with Crippen LogP contribution < -0.4 is 10.8 Å². The van der Waals surface area contributed by atoms with Gasteiger partial charge in [-0.25, -0.2) is 14.4 Å². The molecule has 2 rings (SSSR count). The van der Waals surface area contributed by atoms with Crippen LogP contribution in [0.3, 0.4) is 0 Å². The van der Waals surface area contributed by atoms with Crippen LogP contribution in [-0.4, -0.2) is 58.8 Å². The number of carboxylic acid groups (broad SMARTS) is 3. The molecular weight excluding hydrogens is 510 g/mol. The maximum Gasteiger partial charge on any atom is 0.349 e. The van der Waals surface area contributed by atoms with E-state index in [1.807, 2.05) is 0 Å². The molecule has 0 fully saturated rings. The molecule has 0 aromatic heterocycles. The summed E-state index contributed by atoms with van der Waals surface area (Å²) in [5.41, 5.74) is 5.45. The van der Waals surface area contributed by atoms with Crippen molar-refractivity contribution in [3.63, 3.8) is 0 Å². The van der Waals surface area contributed by atoms with Gasteiger partial charge in [0.2, 0.25) is 6.10 Å². The van der Waals surface area contributed by atoms with Crippen LogP contribution in [0.15, 0.2) is 48.5 Å². The van der Waals surface area contributed by atoms with Crippen molar-refractivity contribution < 1.29 is 54.5 Å². The smallest absolute Gasteiger partial charge is 0.349 e. The third-order valence-electron chi connectivity index (χ3n) is 5.47. The van der Waals surface area contributed by atoms with E-state index < -0.39 is 42.1 Å². The van der Waals surface area contributed by atoms with E-state index in [4.69, 9.17) is 14.6 Å². The zero-order valence-corrected chi connectivity index (χ0v) is 22.4. The summed E-state index contributed by atoms with van der Waals surface area (Å²) in [6, 6.07) is 11.9. The first-order valence-electron chi connectivity index (χ1n) is 12.2. The van der Waals surface area contributed by atoms with Crippen LogP contribution >= 0.6 is 0 Å². The van der Waals surface area contributed by atoms with Gasteiger partial charge in [-0.3, -0.25) is 4.79 Å². The second kappa shape index (κ2) is 15.9. The zero-order valence-electron chi connectivity index (χ0n) is 22.4. The van der Waals surface area contributed by atoms with Crippen molar-refractivity contribution in [3.05, 3.63) is 70.8 Å². The third-order valence-corrected chi connectivity index (χ3v) is 5.47. The molecule has 0 bridgehead atoms. The Hall–Kier alpha value is -4.25. The van der Waals surface area contributed by atoms with Crippen molar-refractivity contribution >= 4 is 29.8 Å². The number of hydrogen-bond acceptors (Lipinski definition) is 8. The van der Waals surface area contributed by atoms with Crippen molar-refractivity contribution in [1.82, 2.24) is 0 Å². The van der Waals surface area contributed by atoms with Crippen molar-refractivity contribution in [1.29, 1.82) is 0 Å². The van der Waals surface area contributed by atoms with E-state index in [1.54, 1.807) is 38.1 Å². The lowest BCUT2D eigenvalue weighted by atomic mass is 9.94. The minimum Gasteiger partial charge on any atom is -0.546 e. The Balaban J connectivity index is 0.000000584. The highest BCUT2D eigenvalue weighted by Crippen LogP contribution is 2.14. The van der Waals surface area contributed by atoms with E-state index in [9.17, 15) is 34.2 Å². The summed E-state index contributed by atoms with van der Waals surface area (Å²) < 4.78 is 9.54. The monoisotopic (exact) mass is 545 g/mol. The minimum absolute atomic E-state index is 0.00542. The number of quaternary nitrogens is 1. The largest absolute Gasteiger partial charge is 0.546 e. The summed E-state index contributed by atoms with van der Waals surface area (Å²) in [4.78, 5) is 57.5. The second-order valence-corrected chi connectivity index (χ2v) is 9.42. The van der Waals surface area contributed by atoms with E-state index in [0.717, 1.165) is 24.1 Å². The number of esters is 2. The molecule has 0 spiro atoms. The molecule has 1 unspecified atom stereocenters. The zero-order chi connectivity index (χ0) is 29.7. The number of carboxylic acids is 3. The van der Waals surface area contributed by atoms with Crippen LogP contribution in [0.1, 0.15) is 58.5 Å². The summed E-state index contributed by atoms with van der Waals surface area (Å²) in [6.07, 6.45) is -3.38. The molecule has 0 aliphatic heterocycles. The van der Waals surface area contributed by atoms with Crippen molar-refractivity contribution in [2.24, 2.45) is 11.8 Å². The van der Waals surface area contributed by atoms with Crippen molar-refractivity contribution in [2.75, 3.05) is 6.54 Å². The Bertz CT molecular complexity index is 1050. The summed E-state index contributed by atoms with van der Waals surface area (Å²) >= 11 is 0. The van der Waals surface area contributed by atoms with E-state index in [1.165, 1.54) is 24.3 Å². The summed E-state index contributed by atoms with van der Waals surface area (Å²) in [5.74, 6) is -5.86. The predicted octanol–water partition coefficient (Wildman–Crippen LogP) is 1.25. The Morgan fingerprint density at radius 2 is 1.21 bits per heavy atom.